The predicted octanol–water partition coefficient (Wildman–Crippen LogP) is 4.01. The van der Waals surface area contributed by atoms with Crippen molar-refractivity contribution in [3.05, 3.63) is 73.8 Å². The van der Waals surface area contributed by atoms with Gasteiger partial charge in [-0.3, -0.25) is 20.2 Å². The highest BCUT2D eigenvalue weighted by Gasteiger charge is 2.55. The monoisotopic (exact) mass is 353 g/mol. The number of hydrogen-bond acceptors (Lipinski definition) is 6. The lowest BCUT2D eigenvalue weighted by Gasteiger charge is -2.41. The number of hydrogen-bond donors (Lipinski definition) is 1. The number of non-ortho nitro benzene ring substituents is 1. The first kappa shape index (κ1) is 16.1. The number of para-hydroxylation sites is 1. The Balaban J connectivity index is 1.88. The molecule has 1 unspecified atom stereocenters. The first-order valence-corrected chi connectivity index (χ1v) is 7.98. The zero-order valence-corrected chi connectivity index (χ0v) is 14.1. The molecule has 0 bridgehead atoms. The first-order chi connectivity index (χ1) is 12.2. The van der Waals surface area contributed by atoms with Crippen LogP contribution in [-0.2, 0) is 5.41 Å². The molecule has 1 atom stereocenters. The van der Waals surface area contributed by atoms with E-state index in [1.807, 2.05) is 38.1 Å². The molecule has 0 saturated carbocycles. The fourth-order valence-electron chi connectivity index (χ4n) is 3.59. The van der Waals surface area contributed by atoms with Crippen molar-refractivity contribution in [2.24, 2.45) is 0 Å². The number of anilines is 1. The van der Waals surface area contributed by atoms with E-state index in [1.165, 1.54) is 6.07 Å². The van der Waals surface area contributed by atoms with Crippen LogP contribution in [0.3, 0.4) is 0 Å². The minimum absolute atomic E-state index is 0.0245. The summed E-state index contributed by atoms with van der Waals surface area (Å²) in [5.41, 5.74) is -0.0937. The molecule has 0 amide bonds. The number of ether oxygens (including phenoxy) is 1. The summed E-state index contributed by atoms with van der Waals surface area (Å²) in [4.78, 5) is 21.2. The van der Waals surface area contributed by atoms with Crippen molar-refractivity contribution in [3.8, 4) is 5.75 Å². The fraction of sp³-hybridized carbons (Fsp3) is 0.222. The molecular weight excluding hydrogens is 338 g/mol. The lowest BCUT2D eigenvalue weighted by Crippen LogP contribution is -2.53. The summed E-state index contributed by atoms with van der Waals surface area (Å²) in [6, 6.07) is 9.93. The highest BCUT2D eigenvalue weighted by molar-refractivity contribution is 5.75. The summed E-state index contributed by atoms with van der Waals surface area (Å²) in [5, 5.41) is 25.9. The van der Waals surface area contributed by atoms with E-state index in [1.54, 1.807) is 12.2 Å². The average Bonchev–Trinajstić information content (AvgIpc) is 2.81. The summed E-state index contributed by atoms with van der Waals surface area (Å²) in [7, 11) is 0. The molecule has 26 heavy (non-hydrogen) atoms. The lowest BCUT2D eigenvalue weighted by molar-refractivity contribution is -0.395. The number of rotatable bonds is 2. The minimum Gasteiger partial charge on any atom is -0.456 e. The molecule has 2 aromatic rings. The maximum absolute atomic E-state index is 11.5. The second-order valence-electron chi connectivity index (χ2n) is 6.86. The average molecular weight is 353 g/mol. The van der Waals surface area contributed by atoms with Gasteiger partial charge in [-0.2, -0.15) is 0 Å². The van der Waals surface area contributed by atoms with Gasteiger partial charge in [0.2, 0.25) is 11.5 Å². The summed E-state index contributed by atoms with van der Waals surface area (Å²) >= 11 is 0. The molecule has 1 spiro atoms. The van der Waals surface area contributed by atoms with Crippen LogP contribution in [0.15, 0.2) is 42.5 Å². The SMILES string of the molecule is CC1(C)c2ccccc2NC12C=Cc1cc([N+](=O)[O-])cc([N+](=O)[O-])c1O2. The van der Waals surface area contributed by atoms with Crippen LogP contribution in [0.1, 0.15) is 25.0 Å². The van der Waals surface area contributed by atoms with E-state index in [4.69, 9.17) is 4.74 Å². The number of nitro groups is 2. The van der Waals surface area contributed by atoms with Gasteiger partial charge in [0.25, 0.3) is 5.69 Å². The number of fused-ring (bicyclic) bond motifs is 2. The van der Waals surface area contributed by atoms with Gasteiger partial charge < -0.3 is 10.1 Å². The second-order valence-corrected chi connectivity index (χ2v) is 6.86. The highest BCUT2D eigenvalue weighted by atomic mass is 16.6. The third-order valence-electron chi connectivity index (χ3n) is 5.10. The topological polar surface area (TPSA) is 108 Å². The Morgan fingerprint density at radius 2 is 1.81 bits per heavy atom. The molecule has 2 heterocycles. The Bertz CT molecular complexity index is 998. The van der Waals surface area contributed by atoms with Crippen LogP contribution in [-0.4, -0.2) is 15.6 Å². The molecule has 4 rings (SSSR count). The molecule has 132 valence electrons. The van der Waals surface area contributed by atoms with Crippen molar-refractivity contribution in [2.45, 2.75) is 25.0 Å². The molecule has 8 heteroatoms. The zero-order valence-electron chi connectivity index (χ0n) is 14.1. The van der Waals surface area contributed by atoms with E-state index < -0.39 is 26.7 Å². The van der Waals surface area contributed by atoms with Gasteiger partial charge >= 0.3 is 5.69 Å². The van der Waals surface area contributed by atoms with E-state index in [0.717, 1.165) is 17.3 Å². The number of nitrogens with one attached hydrogen (secondary N) is 1. The first-order valence-electron chi connectivity index (χ1n) is 7.98. The summed E-state index contributed by atoms with van der Waals surface area (Å²) in [5.74, 6) is 0.0245. The molecular formula is C18H15N3O5. The zero-order chi connectivity index (χ0) is 18.7. The van der Waals surface area contributed by atoms with Crippen LogP contribution in [0.5, 0.6) is 5.75 Å². The Kier molecular flexibility index (Phi) is 3.12. The molecule has 0 aliphatic carbocycles. The maximum Gasteiger partial charge on any atom is 0.318 e. The summed E-state index contributed by atoms with van der Waals surface area (Å²) < 4.78 is 6.14. The molecule has 1 N–H and O–H groups in total. The third kappa shape index (κ3) is 2.01. The van der Waals surface area contributed by atoms with E-state index in [0.29, 0.717) is 5.56 Å². The molecule has 0 radical (unpaired) electrons. The van der Waals surface area contributed by atoms with Crippen molar-refractivity contribution in [1.82, 2.24) is 0 Å². The van der Waals surface area contributed by atoms with Crippen LogP contribution in [0.2, 0.25) is 0 Å². The standard InChI is InChI=1S/C18H15N3O5/c1-17(2)13-5-3-4-6-14(13)19-18(17)8-7-11-9-12(20(22)23)10-15(21(24)25)16(11)26-18/h3-10,19H,1-2H3. The Morgan fingerprint density at radius 1 is 1.08 bits per heavy atom. The van der Waals surface area contributed by atoms with E-state index >= 15 is 0 Å². The van der Waals surface area contributed by atoms with Crippen LogP contribution < -0.4 is 10.1 Å². The van der Waals surface area contributed by atoms with Crippen LogP contribution >= 0.6 is 0 Å². The third-order valence-corrected chi connectivity index (χ3v) is 5.10. The van der Waals surface area contributed by atoms with E-state index in [2.05, 4.69) is 5.32 Å². The van der Waals surface area contributed by atoms with Gasteiger partial charge in [-0.15, -0.1) is 0 Å². The predicted molar refractivity (Wildman–Crippen MR) is 95.2 cm³/mol. The highest BCUT2D eigenvalue weighted by Crippen LogP contribution is 2.52. The van der Waals surface area contributed by atoms with Crippen LogP contribution in [0.4, 0.5) is 17.1 Å². The molecule has 2 aliphatic heterocycles. The number of nitro benzene ring substituents is 2. The number of nitrogens with zero attached hydrogens (tertiary/aromatic N) is 2. The maximum atomic E-state index is 11.5. The van der Waals surface area contributed by atoms with Crippen molar-refractivity contribution in [2.75, 3.05) is 5.32 Å². The quantitative estimate of drug-likeness (QED) is 0.645. The number of benzene rings is 2. The van der Waals surface area contributed by atoms with Crippen molar-refractivity contribution in [3.63, 3.8) is 0 Å². The Morgan fingerprint density at radius 3 is 2.46 bits per heavy atom. The Labute approximate surface area is 148 Å². The van der Waals surface area contributed by atoms with Gasteiger partial charge in [0, 0.05) is 17.3 Å². The minimum atomic E-state index is -1.02. The second kappa shape index (κ2) is 5.04. The molecule has 0 saturated heterocycles. The van der Waals surface area contributed by atoms with Crippen molar-refractivity contribution in [1.29, 1.82) is 0 Å². The lowest BCUT2D eigenvalue weighted by atomic mass is 9.76. The van der Waals surface area contributed by atoms with Crippen molar-refractivity contribution >= 4 is 23.1 Å². The van der Waals surface area contributed by atoms with Crippen LogP contribution in [0.25, 0.3) is 6.08 Å². The molecule has 0 fully saturated rings. The normalized spacial score (nSPS) is 21.5. The van der Waals surface area contributed by atoms with Gasteiger partial charge in [0.1, 0.15) is 0 Å². The van der Waals surface area contributed by atoms with E-state index in [-0.39, 0.29) is 11.4 Å². The summed E-state index contributed by atoms with van der Waals surface area (Å²) in [6.07, 6.45) is 3.41. The fourth-order valence-corrected chi connectivity index (χ4v) is 3.59. The Hall–Kier alpha value is -3.42. The molecule has 8 nitrogen and oxygen atoms in total. The van der Waals surface area contributed by atoms with E-state index in [9.17, 15) is 20.2 Å². The molecule has 2 aromatic carbocycles. The van der Waals surface area contributed by atoms with Gasteiger partial charge in [-0.1, -0.05) is 18.2 Å². The largest absolute Gasteiger partial charge is 0.456 e. The van der Waals surface area contributed by atoms with Gasteiger partial charge in [-0.05, 0) is 37.6 Å². The molecule has 0 aromatic heterocycles. The van der Waals surface area contributed by atoms with Gasteiger partial charge in [0.15, 0.2) is 0 Å². The van der Waals surface area contributed by atoms with Gasteiger partial charge in [-0.25, -0.2) is 0 Å². The van der Waals surface area contributed by atoms with Crippen LogP contribution in [0, 0.1) is 20.2 Å². The van der Waals surface area contributed by atoms with Gasteiger partial charge in [0.05, 0.1) is 21.3 Å². The smallest absolute Gasteiger partial charge is 0.318 e. The summed E-state index contributed by atoms with van der Waals surface area (Å²) in [6.45, 7) is 3.97. The molecule has 2 aliphatic rings. The van der Waals surface area contributed by atoms with Crippen molar-refractivity contribution < 1.29 is 14.6 Å².